The Labute approximate surface area is 104 Å². The van der Waals surface area contributed by atoms with Gasteiger partial charge in [-0.25, -0.2) is 17.9 Å². The van der Waals surface area contributed by atoms with Gasteiger partial charge in [0.05, 0.1) is 17.9 Å². The quantitative estimate of drug-likeness (QED) is 0.790. The second-order valence-electron chi connectivity index (χ2n) is 3.41. The van der Waals surface area contributed by atoms with Gasteiger partial charge >= 0.3 is 0 Å². The van der Waals surface area contributed by atoms with E-state index < -0.39 is 15.8 Å². The van der Waals surface area contributed by atoms with Gasteiger partial charge in [-0.1, -0.05) is 0 Å². The van der Waals surface area contributed by atoms with Gasteiger partial charge in [0.25, 0.3) is 0 Å². The van der Waals surface area contributed by atoms with Crippen molar-refractivity contribution < 1.29 is 22.3 Å². The minimum absolute atomic E-state index is 0.00862. The van der Waals surface area contributed by atoms with Crippen LogP contribution in [0.25, 0.3) is 0 Å². The number of amides is 1. The van der Waals surface area contributed by atoms with E-state index in [1.54, 1.807) is 0 Å². The van der Waals surface area contributed by atoms with E-state index in [0.29, 0.717) is 0 Å². The number of hydrogen-bond acceptors (Lipinski definition) is 4. The number of carbonyl (C=O) groups excluding carboxylic acids is 1. The molecule has 6 nitrogen and oxygen atoms in total. The molecule has 0 saturated carbocycles. The lowest BCUT2D eigenvalue weighted by molar-refractivity contribution is -0.121. The number of primary sulfonamides is 1. The third-order valence-electron chi connectivity index (χ3n) is 2.10. The van der Waals surface area contributed by atoms with Crippen LogP contribution in [0.4, 0.5) is 4.39 Å². The first-order chi connectivity index (χ1) is 8.34. The largest absolute Gasteiger partial charge is 0.490 e. The van der Waals surface area contributed by atoms with Gasteiger partial charge < -0.3 is 10.1 Å². The molecule has 0 spiro atoms. The van der Waals surface area contributed by atoms with Crippen LogP contribution in [0.5, 0.6) is 5.75 Å². The Bertz CT molecular complexity index is 545. The number of benzene rings is 1. The van der Waals surface area contributed by atoms with Crippen molar-refractivity contribution in [2.24, 2.45) is 5.14 Å². The molecule has 18 heavy (non-hydrogen) atoms. The summed E-state index contributed by atoms with van der Waals surface area (Å²) in [7, 11) is -2.46. The Morgan fingerprint density at radius 2 is 2.17 bits per heavy atom. The topological polar surface area (TPSA) is 98.5 Å². The number of nitrogens with two attached hydrogens (primary N) is 1. The van der Waals surface area contributed by atoms with Gasteiger partial charge in [0.1, 0.15) is 0 Å². The molecule has 0 radical (unpaired) electrons. The lowest BCUT2D eigenvalue weighted by Crippen LogP contribution is -2.20. The summed E-state index contributed by atoms with van der Waals surface area (Å²) < 4.78 is 40.4. The fourth-order valence-corrected chi connectivity index (χ4v) is 1.68. The first-order valence-corrected chi connectivity index (χ1v) is 6.55. The van der Waals surface area contributed by atoms with E-state index in [-0.39, 0.29) is 29.6 Å². The zero-order chi connectivity index (χ0) is 13.8. The monoisotopic (exact) mass is 276 g/mol. The molecule has 0 aliphatic carbocycles. The van der Waals surface area contributed by atoms with Gasteiger partial charge in [-0.15, -0.1) is 0 Å². The van der Waals surface area contributed by atoms with E-state index in [0.717, 1.165) is 18.2 Å². The fourth-order valence-electron chi connectivity index (χ4n) is 1.15. The van der Waals surface area contributed by atoms with Crippen LogP contribution in [-0.2, 0) is 14.8 Å². The molecule has 0 unspecified atom stereocenters. The maximum absolute atomic E-state index is 13.4. The van der Waals surface area contributed by atoms with E-state index in [4.69, 9.17) is 9.88 Å². The third kappa shape index (κ3) is 3.97. The molecule has 8 heteroatoms. The molecule has 1 amide bonds. The van der Waals surface area contributed by atoms with Crippen LogP contribution in [-0.4, -0.2) is 28.0 Å². The van der Waals surface area contributed by atoms with Gasteiger partial charge in [-0.2, -0.15) is 0 Å². The highest BCUT2D eigenvalue weighted by Crippen LogP contribution is 2.20. The number of hydrogen-bond donors (Lipinski definition) is 2. The smallest absolute Gasteiger partial charge is 0.238 e. The number of halogens is 1. The Balaban J connectivity index is 2.72. The molecule has 0 aromatic heterocycles. The van der Waals surface area contributed by atoms with Crippen molar-refractivity contribution in [3.63, 3.8) is 0 Å². The average Bonchev–Trinajstić information content (AvgIpc) is 2.29. The minimum Gasteiger partial charge on any atom is -0.490 e. The van der Waals surface area contributed by atoms with Crippen molar-refractivity contribution in [3.05, 3.63) is 24.0 Å². The van der Waals surface area contributed by atoms with E-state index in [1.807, 2.05) is 0 Å². The molecular weight excluding hydrogens is 263 g/mol. The van der Waals surface area contributed by atoms with Crippen molar-refractivity contribution in [2.75, 3.05) is 13.7 Å². The molecule has 0 atom stereocenters. The molecule has 100 valence electrons. The van der Waals surface area contributed by atoms with Crippen LogP contribution in [0.3, 0.4) is 0 Å². The summed E-state index contributed by atoms with van der Waals surface area (Å²) in [4.78, 5) is 10.6. The maximum atomic E-state index is 13.4. The van der Waals surface area contributed by atoms with Crippen LogP contribution in [0.1, 0.15) is 6.42 Å². The minimum atomic E-state index is -3.94. The van der Waals surface area contributed by atoms with E-state index in [2.05, 4.69) is 5.32 Å². The van der Waals surface area contributed by atoms with Crippen molar-refractivity contribution in [3.8, 4) is 5.75 Å². The summed E-state index contributed by atoms with van der Waals surface area (Å²) in [6, 6.07) is 3.05. The highest BCUT2D eigenvalue weighted by molar-refractivity contribution is 7.89. The van der Waals surface area contributed by atoms with E-state index >= 15 is 0 Å². The first kappa shape index (κ1) is 14.4. The second-order valence-corrected chi connectivity index (χ2v) is 4.97. The first-order valence-electron chi connectivity index (χ1n) is 5.00. The molecule has 1 aromatic carbocycles. The summed E-state index contributed by atoms with van der Waals surface area (Å²) in [5.74, 6) is -1.22. The lowest BCUT2D eigenvalue weighted by Gasteiger charge is -2.07. The number of nitrogens with one attached hydrogen (secondary N) is 1. The Kier molecular flexibility index (Phi) is 4.62. The Morgan fingerprint density at radius 3 is 2.67 bits per heavy atom. The van der Waals surface area contributed by atoms with Crippen molar-refractivity contribution in [2.45, 2.75) is 11.3 Å². The molecule has 3 N–H and O–H groups in total. The van der Waals surface area contributed by atoms with Crippen molar-refractivity contribution >= 4 is 15.9 Å². The second kappa shape index (κ2) is 5.78. The average molecular weight is 276 g/mol. The molecule has 0 aliphatic heterocycles. The number of sulfonamides is 1. The van der Waals surface area contributed by atoms with Gasteiger partial charge in [0, 0.05) is 7.05 Å². The zero-order valence-corrected chi connectivity index (χ0v) is 10.5. The van der Waals surface area contributed by atoms with Crippen molar-refractivity contribution in [1.82, 2.24) is 5.32 Å². The number of carbonyl (C=O) groups is 1. The molecule has 0 aliphatic rings. The summed E-state index contributed by atoms with van der Waals surface area (Å²) >= 11 is 0. The normalized spacial score (nSPS) is 11.1. The zero-order valence-electron chi connectivity index (χ0n) is 9.64. The summed E-state index contributed by atoms with van der Waals surface area (Å²) in [5.41, 5.74) is 0. The maximum Gasteiger partial charge on any atom is 0.238 e. The highest BCUT2D eigenvalue weighted by Gasteiger charge is 2.12. The number of rotatable bonds is 5. The molecule has 0 bridgehead atoms. The molecule has 0 heterocycles. The molecule has 0 fully saturated rings. The predicted octanol–water partition coefficient (Wildman–Crippen LogP) is -0.0120. The third-order valence-corrected chi connectivity index (χ3v) is 3.01. The highest BCUT2D eigenvalue weighted by atomic mass is 32.2. The van der Waals surface area contributed by atoms with E-state index in [9.17, 15) is 17.6 Å². The molecule has 1 aromatic rings. The van der Waals surface area contributed by atoms with Gasteiger partial charge in [-0.3, -0.25) is 4.79 Å². The Hall–Kier alpha value is -1.67. The van der Waals surface area contributed by atoms with Crippen LogP contribution >= 0.6 is 0 Å². The van der Waals surface area contributed by atoms with Crippen LogP contribution in [0, 0.1) is 5.82 Å². The summed E-state index contributed by atoms with van der Waals surface area (Å²) in [6.45, 7) is -0.00862. The van der Waals surface area contributed by atoms with Crippen LogP contribution in [0.2, 0.25) is 0 Å². The molecule has 1 rings (SSSR count). The summed E-state index contributed by atoms with van der Waals surface area (Å²) in [6.07, 6.45) is 0.0763. The van der Waals surface area contributed by atoms with E-state index in [1.165, 1.54) is 7.05 Å². The SMILES string of the molecule is CNC(=O)CCOc1ccc(S(N)(=O)=O)cc1F. The summed E-state index contributed by atoms with van der Waals surface area (Å²) in [5, 5.41) is 7.23. The lowest BCUT2D eigenvalue weighted by atomic mass is 10.3. The number of ether oxygens (including phenoxy) is 1. The predicted molar refractivity (Wildman–Crippen MR) is 62.0 cm³/mol. The standard InChI is InChI=1S/C10H13FN2O4S/c1-13-10(14)4-5-17-9-3-2-7(6-8(9)11)18(12,15)16/h2-3,6H,4-5H2,1H3,(H,13,14)(H2,12,15,16). The molecular formula is C10H13FN2O4S. The molecule has 0 saturated heterocycles. The Morgan fingerprint density at radius 1 is 1.50 bits per heavy atom. The van der Waals surface area contributed by atoms with Crippen LogP contribution < -0.4 is 15.2 Å². The van der Waals surface area contributed by atoms with Gasteiger partial charge in [-0.05, 0) is 18.2 Å². The fraction of sp³-hybridized carbons (Fsp3) is 0.300. The van der Waals surface area contributed by atoms with Crippen LogP contribution in [0.15, 0.2) is 23.1 Å². The van der Waals surface area contributed by atoms with Gasteiger partial charge in [0.15, 0.2) is 11.6 Å². The van der Waals surface area contributed by atoms with Gasteiger partial charge in [0.2, 0.25) is 15.9 Å². The van der Waals surface area contributed by atoms with Crippen molar-refractivity contribution in [1.29, 1.82) is 0 Å².